The zero-order chi connectivity index (χ0) is 13.4. The van der Waals surface area contributed by atoms with E-state index >= 15 is 0 Å². The first kappa shape index (κ1) is 12.3. The molecule has 3 heteroatoms. The van der Waals surface area contributed by atoms with Gasteiger partial charge in [-0.2, -0.15) is 0 Å². The Morgan fingerprint density at radius 2 is 1.84 bits per heavy atom. The fraction of sp³-hybridized carbons (Fsp3) is 0.0625. The maximum atomic E-state index is 6.16. The van der Waals surface area contributed by atoms with Crippen LogP contribution in [-0.4, -0.2) is 4.86 Å². The first-order chi connectivity index (χ1) is 9.16. The van der Waals surface area contributed by atoms with E-state index in [1.807, 2.05) is 13.0 Å². The molecule has 0 aliphatic carbocycles. The minimum Gasteiger partial charge on any atom is -0.398 e. The molecule has 0 amide bonds. The number of rotatable bonds is 2. The van der Waals surface area contributed by atoms with E-state index < -0.39 is 0 Å². The highest BCUT2D eigenvalue weighted by Crippen LogP contribution is 2.37. The van der Waals surface area contributed by atoms with E-state index in [-0.39, 0.29) is 0 Å². The van der Waals surface area contributed by atoms with E-state index in [0.717, 1.165) is 16.1 Å². The van der Waals surface area contributed by atoms with Crippen molar-refractivity contribution in [3.8, 4) is 0 Å². The van der Waals surface area contributed by atoms with Gasteiger partial charge >= 0.3 is 0 Å². The highest BCUT2D eigenvalue weighted by Gasteiger charge is 2.09. The van der Waals surface area contributed by atoms with Crippen molar-refractivity contribution in [2.75, 3.05) is 0 Å². The summed E-state index contributed by atoms with van der Waals surface area (Å²) in [6.07, 6.45) is 1.86. The first-order valence-corrected chi connectivity index (χ1v) is 7.27. The Morgan fingerprint density at radius 3 is 2.63 bits per heavy atom. The molecule has 0 aliphatic heterocycles. The van der Waals surface area contributed by atoms with Crippen LogP contribution < -0.4 is 5.73 Å². The number of fused-ring (bicyclic) bond motifs is 3. The molecule has 1 nitrogen and oxygen atoms in total. The van der Waals surface area contributed by atoms with Crippen LogP contribution in [0.25, 0.3) is 25.9 Å². The molecule has 0 spiro atoms. The number of benzene rings is 2. The van der Waals surface area contributed by atoms with Crippen LogP contribution in [0.15, 0.2) is 48.5 Å². The van der Waals surface area contributed by atoms with Gasteiger partial charge in [-0.25, -0.2) is 0 Å². The Labute approximate surface area is 121 Å². The molecule has 2 N–H and O–H groups in total. The van der Waals surface area contributed by atoms with E-state index in [2.05, 4.69) is 42.5 Å². The molecule has 0 unspecified atom stereocenters. The first-order valence-electron chi connectivity index (χ1n) is 6.05. The number of hydrogen-bond donors (Lipinski definition) is 1. The molecule has 0 saturated heterocycles. The second kappa shape index (κ2) is 4.76. The van der Waals surface area contributed by atoms with Crippen LogP contribution in [0.4, 0.5) is 0 Å². The summed E-state index contributed by atoms with van der Waals surface area (Å²) in [5.41, 5.74) is 7.98. The predicted molar refractivity (Wildman–Crippen MR) is 89.8 cm³/mol. The topological polar surface area (TPSA) is 26.0 Å². The van der Waals surface area contributed by atoms with Gasteiger partial charge < -0.3 is 5.73 Å². The third-order valence-electron chi connectivity index (χ3n) is 3.07. The van der Waals surface area contributed by atoms with Crippen molar-refractivity contribution < 1.29 is 0 Å². The average molecular weight is 283 g/mol. The van der Waals surface area contributed by atoms with E-state index in [1.165, 1.54) is 20.2 Å². The van der Waals surface area contributed by atoms with E-state index in [1.54, 1.807) is 11.3 Å². The molecule has 0 fully saturated rings. The van der Waals surface area contributed by atoms with Crippen molar-refractivity contribution in [1.82, 2.24) is 0 Å². The van der Waals surface area contributed by atoms with Gasteiger partial charge in [-0.05, 0) is 19.1 Å². The Bertz CT molecular complexity index is 812. The summed E-state index contributed by atoms with van der Waals surface area (Å²) in [7, 11) is 0. The van der Waals surface area contributed by atoms with Crippen molar-refractivity contribution >= 4 is 54.3 Å². The van der Waals surface area contributed by atoms with Crippen LogP contribution in [0.5, 0.6) is 0 Å². The molecule has 0 radical (unpaired) electrons. The lowest BCUT2D eigenvalue weighted by Crippen LogP contribution is -1.98. The Balaban J connectivity index is 2.35. The summed E-state index contributed by atoms with van der Waals surface area (Å²) < 4.78 is 2.52. The number of thiophene rings is 1. The van der Waals surface area contributed by atoms with E-state index in [9.17, 15) is 0 Å². The highest BCUT2D eigenvalue weighted by molar-refractivity contribution is 7.80. The van der Waals surface area contributed by atoms with Crippen LogP contribution in [0.1, 0.15) is 12.5 Å². The fourth-order valence-electron chi connectivity index (χ4n) is 2.27. The Kier molecular flexibility index (Phi) is 3.09. The summed E-state index contributed by atoms with van der Waals surface area (Å²) in [5.74, 6) is 0. The predicted octanol–water partition coefficient (Wildman–Crippen LogP) is 4.74. The molecule has 3 aromatic rings. The maximum Gasteiger partial charge on any atom is 0.0448 e. The SMILES string of the molecule is CC(=S)/C=C(\N)c1cccc2c1sc1ccccc12. The van der Waals surface area contributed by atoms with Crippen molar-refractivity contribution in [1.29, 1.82) is 0 Å². The summed E-state index contributed by atoms with van der Waals surface area (Å²) >= 11 is 6.89. The fourth-order valence-corrected chi connectivity index (χ4v) is 3.64. The van der Waals surface area contributed by atoms with Gasteiger partial charge in [0.2, 0.25) is 0 Å². The summed E-state index contributed by atoms with van der Waals surface area (Å²) in [6.45, 7) is 1.88. The van der Waals surface area contributed by atoms with Crippen molar-refractivity contribution in [3.05, 3.63) is 54.1 Å². The number of nitrogens with two attached hydrogens (primary N) is 1. The molecule has 0 bridgehead atoms. The molecule has 0 atom stereocenters. The van der Waals surface area contributed by atoms with Gasteiger partial charge in [-0.3, -0.25) is 0 Å². The standard InChI is InChI=1S/C16H13NS2/c1-10(18)9-14(17)13-7-4-6-12-11-5-2-3-8-15(11)19-16(12)13/h2-9H,17H2,1H3/b14-9-. The van der Waals surface area contributed by atoms with E-state index in [4.69, 9.17) is 18.0 Å². The molecule has 1 aromatic heterocycles. The van der Waals surface area contributed by atoms with Crippen LogP contribution in [-0.2, 0) is 0 Å². The lowest BCUT2D eigenvalue weighted by molar-refractivity contribution is 1.58. The lowest BCUT2D eigenvalue weighted by Gasteiger charge is -2.03. The van der Waals surface area contributed by atoms with Gasteiger partial charge in [0.1, 0.15) is 0 Å². The average Bonchev–Trinajstić information content (AvgIpc) is 2.76. The van der Waals surface area contributed by atoms with Gasteiger partial charge in [-0.1, -0.05) is 48.6 Å². The van der Waals surface area contributed by atoms with Crippen LogP contribution in [0.3, 0.4) is 0 Å². The maximum absolute atomic E-state index is 6.16. The number of allylic oxidation sites excluding steroid dienone is 1. The molecule has 94 valence electrons. The minimum atomic E-state index is 0.740. The highest BCUT2D eigenvalue weighted by atomic mass is 32.1. The second-order valence-corrected chi connectivity index (χ2v) is 6.19. The largest absolute Gasteiger partial charge is 0.398 e. The van der Waals surface area contributed by atoms with Gasteiger partial charge in [0.05, 0.1) is 0 Å². The summed E-state index contributed by atoms with van der Waals surface area (Å²) in [5, 5.41) is 2.55. The molecule has 0 aliphatic rings. The quantitative estimate of drug-likeness (QED) is 0.543. The van der Waals surface area contributed by atoms with Crippen LogP contribution in [0, 0.1) is 0 Å². The van der Waals surface area contributed by atoms with Gasteiger partial charge in [0.15, 0.2) is 0 Å². The third-order valence-corrected chi connectivity index (χ3v) is 4.41. The molecular weight excluding hydrogens is 270 g/mol. The van der Waals surface area contributed by atoms with E-state index in [0.29, 0.717) is 0 Å². The summed E-state index contributed by atoms with van der Waals surface area (Å²) in [4.78, 5) is 0.801. The zero-order valence-electron chi connectivity index (χ0n) is 10.5. The molecule has 1 heterocycles. The monoisotopic (exact) mass is 283 g/mol. The van der Waals surface area contributed by atoms with Crippen molar-refractivity contribution in [2.45, 2.75) is 6.92 Å². The Hall–Kier alpha value is -1.71. The number of hydrogen-bond acceptors (Lipinski definition) is 3. The smallest absolute Gasteiger partial charge is 0.0448 e. The molecule has 0 saturated carbocycles. The Morgan fingerprint density at radius 1 is 1.11 bits per heavy atom. The lowest BCUT2D eigenvalue weighted by atomic mass is 10.1. The normalized spacial score (nSPS) is 12.2. The van der Waals surface area contributed by atoms with Crippen molar-refractivity contribution in [2.24, 2.45) is 5.73 Å². The molecular formula is C16H13NS2. The minimum absolute atomic E-state index is 0.740. The molecule has 3 rings (SSSR count). The van der Waals surface area contributed by atoms with Crippen molar-refractivity contribution in [3.63, 3.8) is 0 Å². The van der Waals surface area contributed by atoms with Gasteiger partial charge in [0.25, 0.3) is 0 Å². The zero-order valence-corrected chi connectivity index (χ0v) is 12.1. The number of thiocarbonyl (C=S) groups is 1. The third kappa shape index (κ3) is 2.15. The molecule has 2 aromatic carbocycles. The summed E-state index contributed by atoms with van der Waals surface area (Å²) in [6, 6.07) is 14.7. The van der Waals surface area contributed by atoms with Crippen LogP contribution >= 0.6 is 23.6 Å². The van der Waals surface area contributed by atoms with Gasteiger partial charge in [0, 0.05) is 36.3 Å². The van der Waals surface area contributed by atoms with Gasteiger partial charge in [-0.15, -0.1) is 11.3 Å². The second-order valence-electron chi connectivity index (χ2n) is 4.49. The van der Waals surface area contributed by atoms with Crippen LogP contribution in [0.2, 0.25) is 0 Å². The molecule has 19 heavy (non-hydrogen) atoms.